The molecule has 0 aliphatic carbocycles. The minimum absolute atomic E-state index is 0.972. The van der Waals surface area contributed by atoms with Gasteiger partial charge in [0.1, 0.15) is 0 Å². The van der Waals surface area contributed by atoms with Gasteiger partial charge in [0.05, 0.1) is 0 Å². The molecule has 0 atom stereocenters. The number of aromatic nitrogens is 3. The first-order valence-corrected chi connectivity index (χ1v) is 6.75. The van der Waals surface area contributed by atoms with E-state index in [0.29, 0.717) is 0 Å². The smallest absolute Gasteiger partial charge is 0.0492 e. The van der Waals surface area contributed by atoms with E-state index >= 15 is 0 Å². The second-order valence-electron chi connectivity index (χ2n) is 4.38. The number of aryl methyl sites for hydroxylation is 3. The van der Waals surface area contributed by atoms with Gasteiger partial charge in [0.25, 0.3) is 0 Å². The van der Waals surface area contributed by atoms with Crippen molar-refractivity contribution in [1.82, 2.24) is 14.3 Å². The summed E-state index contributed by atoms with van der Waals surface area (Å²) in [4.78, 5) is 0. The van der Waals surface area contributed by atoms with Crippen molar-refractivity contribution in [1.29, 1.82) is 0 Å². The van der Waals surface area contributed by atoms with E-state index in [-0.39, 0.29) is 0 Å². The van der Waals surface area contributed by atoms with Gasteiger partial charge < -0.3 is 4.57 Å². The Kier molecular flexibility index (Phi) is 2.96. The molecule has 0 N–H and O–H groups in total. The van der Waals surface area contributed by atoms with E-state index in [9.17, 15) is 0 Å². The van der Waals surface area contributed by atoms with Gasteiger partial charge in [-0.05, 0) is 24.3 Å². The normalized spacial score (nSPS) is 11.2. The molecule has 18 heavy (non-hydrogen) atoms. The lowest BCUT2D eigenvalue weighted by atomic mass is 10.2. The first-order chi connectivity index (χ1) is 8.75. The maximum atomic E-state index is 4.19. The molecule has 4 heteroatoms. The van der Waals surface area contributed by atoms with Crippen molar-refractivity contribution in [3.8, 4) is 0 Å². The molecular formula is C14H14BrN3. The molecule has 92 valence electrons. The molecule has 0 bridgehead atoms. The molecule has 0 saturated heterocycles. The van der Waals surface area contributed by atoms with Crippen molar-refractivity contribution < 1.29 is 0 Å². The van der Waals surface area contributed by atoms with Crippen molar-refractivity contribution in [2.24, 2.45) is 7.05 Å². The summed E-state index contributed by atoms with van der Waals surface area (Å²) in [6.45, 7) is 0.972. The van der Waals surface area contributed by atoms with Crippen LogP contribution in [0.1, 0.15) is 5.69 Å². The Morgan fingerprint density at radius 1 is 1.22 bits per heavy atom. The molecule has 2 aromatic heterocycles. The molecule has 1 aromatic carbocycles. The third kappa shape index (κ3) is 1.97. The topological polar surface area (TPSA) is 22.8 Å². The third-order valence-corrected chi connectivity index (χ3v) is 3.98. The number of rotatable bonds is 3. The molecule has 0 aliphatic rings. The number of hydrogen-bond acceptors (Lipinski definition) is 1. The highest BCUT2D eigenvalue weighted by Crippen LogP contribution is 2.24. The summed E-state index contributed by atoms with van der Waals surface area (Å²) in [6, 6.07) is 10.5. The summed E-state index contributed by atoms with van der Waals surface area (Å²) in [5, 5.41) is 5.46. The van der Waals surface area contributed by atoms with Crippen LogP contribution in [0.15, 0.2) is 47.2 Å². The zero-order valence-corrected chi connectivity index (χ0v) is 11.8. The van der Waals surface area contributed by atoms with Crippen LogP contribution in [-0.4, -0.2) is 14.3 Å². The molecule has 3 aromatic rings. The van der Waals surface area contributed by atoms with E-state index in [1.807, 2.05) is 17.9 Å². The lowest BCUT2D eigenvalue weighted by Crippen LogP contribution is -2.04. The van der Waals surface area contributed by atoms with E-state index in [4.69, 9.17) is 0 Å². The van der Waals surface area contributed by atoms with Gasteiger partial charge in [-0.15, -0.1) is 0 Å². The Labute approximate surface area is 114 Å². The SMILES string of the molecule is Cn1nccc1CCn1ccc2c(Br)cccc21. The van der Waals surface area contributed by atoms with Crippen molar-refractivity contribution in [3.05, 3.63) is 52.9 Å². The van der Waals surface area contributed by atoms with Crippen molar-refractivity contribution in [2.75, 3.05) is 0 Å². The molecule has 0 spiro atoms. The van der Waals surface area contributed by atoms with E-state index in [1.54, 1.807) is 0 Å². The lowest BCUT2D eigenvalue weighted by molar-refractivity contribution is 0.649. The van der Waals surface area contributed by atoms with Crippen LogP contribution in [0.4, 0.5) is 0 Å². The highest BCUT2D eigenvalue weighted by atomic mass is 79.9. The van der Waals surface area contributed by atoms with E-state index in [2.05, 4.69) is 62.1 Å². The quantitative estimate of drug-likeness (QED) is 0.727. The van der Waals surface area contributed by atoms with Crippen LogP contribution in [0.5, 0.6) is 0 Å². The highest BCUT2D eigenvalue weighted by molar-refractivity contribution is 9.10. The fraction of sp³-hybridized carbons (Fsp3) is 0.214. The van der Waals surface area contributed by atoms with E-state index in [1.165, 1.54) is 16.6 Å². The average molecular weight is 304 g/mol. The Morgan fingerprint density at radius 2 is 2.11 bits per heavy atom. The van der Waals surface area contributed by atoms with Crippen LogP contribution in [0.2, 0.25) is 0 Å². The maximum Gasteiger partial charge on any atom is 0.0492 e. The summed E-state index contributed by atoms with van der Waals surface area (Å²) in [5.74, 6) is 0. The van der Waals surface area contributed by atoms with Crippen LogP contribution >= 0.6 is 15.9 Å². The third-order valence-electron chi connectivity index (χ3n) is 3.29. The number of nitrogens with zero attached hydrogens (tertiary/aromatic N) is 3. The Morgan fingerprint density at radius 3 is 2.89 bits per heavy atom. The second-order valence-corrected chi connectivity index (χ2v) is 5.23. The number of hydrogen-bond donors (Lipinski definition) is 0. The van der Waals surface area contributed by atoms with Crippen LogP contribution in [0, 0.1) is 0 Å². The molecule has 2 heterocycles. The first kappa shape index (κ1) is 11.5. The number of halogens is 1. The van der Waals surface area contributed by atoms with Gasteiger partial charge in [-0.25, -0.2) is 0 Å². The van der Waals surface area contributed by atoms with Gasteiger partial charge in [-0.2, -0.15) is 5.10 Å². The predicted molar refractivity (Wildman–Crippen MR) is 76.6 cm³/mol. The zero-order chi connectivity index (χ0) is 12.5. The second kappa shape index (κ2) is 4.61. The van der Waals surface area contributed by atoms with Gasteiger partial charge in [0.15, 0.2) is 0 Å². The Balaban J connectivity index is 1.87. The molecule has 3 nitrogen and oxygen atoms in total. The molecule has 3 rings (SSSR count). The lowest BCUT2D eigenvalue weighted by Gasteiger charge is -2.06. The average Bonchev–Trinajstić information content (AvgIpc) is 2.94. The molecular weight excluding hydrogens is 290 g/mol. The van der Waals surface area contributed by atoms with Crippen LogP contribution in [0.3, 0.4) is 0 Å². The minimum atomic E-state index is 0.972. The maximum absolute atomic E-state index is 4.19. The standard InChI is InChI=1S/C14H14BrN3/c1-17-11(5-8-16-17)6-9-18-10-7-12-13(15)3-2-4-14(12)18/h2-5,7-8,10H,6,9H2,1H3. The molecule has 0 fully saturated rings. The summed E-state index contributed by atoms with van der Waals surface area (Å²) in [5.41, 5.74) is 2.53. The van der Waals surface area contributed by atoms with Crippen LogP contribution in [-0.2, 0) is 20.0 Å². The van der Waals surface area contributed by atoms with Crippen LogP contribution < -0.4 is 0 Å². The van der Waals surface area contributed by atoms with Gasteiger partial charge in [0.2, 0.25) is 0 Å². The Hall–Kier alpha value is -1.55. The predicted octanol–water partition coefficient (Wildman–Crippen LogP) is 3.38. The van der Waals surface area contributed by atoms with Crippen molar-refractivity contribution >= 4 is 26.8 Å². The van der Waals surface area contributed by atoms with Crippen molar-refractivity contribution in [2.45, 2.75) is 13.0 Å². The van der Waals surface area contributed by atoms with Gasteiger partial charge in [-0.3, -0.25) is 4.68 Å². The van der Waals surface area contributed by atoms with Crippen LogP contribution in [0.25, 0.3) is 10.9 Å². The fourth-order valence-electron chi connectivity index (χ4n) is 2.26. The first-order valence-electron chi connectivity index (χ1n) is 5.96. The van der Waals surface area contributed by atoms with E-state index in [0.717, 1.165) is 17.4 Å². The molecule has 0 unspecified atom stereocenters. The summed E-state index contributed by atoms with van der Waals surface area (Å²) in [6.07, 6.45) is 4.98. The van der Waals surface area contributed by atoms with Gasteiger partial charge in [-0.1, -0.05) is 22.0 Å². The van der Waals surface area contributed by atoms with E-state index < -0.39 is 0 Å². The summed E-state index contributed by atoms with van der Waals surface area (Å²) < 4.78 is 5.37. The molecule has 0 amide bonds. The van der Waals surface area contributed by atoms with Crippen molar-refractivity contribution in [3.63, 3.8) is 0 Å². The van der Waals surface area contributed by atoms with Gasteiger partial charge >= 0.3 is 0 Å². The molecule has 0 radical (unpaired) electrons. The number of fused-ring (bicyclic) bond motifs is 1. The molecule has 0 aliphatic heterocycles. The zero-order valence-electron chi connectivity index (χ0n) is 10.2. The number of benzene rings is 1. The minimum Gasteiger partial charge on any atom is -0.347 e. The van der Waals surface area contributed by atoms with Gasteiger partial charge in [0, 0.05) is 53.5 Å². The highest BCUT2D eigenvalue weighted by Gasteiger charge is 2.04. The summed E-state index contributed by atoms with van der Waals surface area (Å²) in [7, 11) is 1.99. The largest absolute Gasteiger partial charge is 0.347 e. The Bertz CT molecular complexity index is 681. The summed E-state index contributed by atoms with van der Waals surface area (Å²) >= 11 is 3.58. The molecule has 0 saturated carbocycles. The monoisotopic (exact) mass is 303 g/mol. The fourth-order valence-corrected chi connectivity index (χ4v) is 2.75.